The number of nitrogens with zero attached hydrogens (tertiary/aromatic N) is 2. The summed E-state index contributed by atoms with van der Waals surface area (Å²) in [6.07, 6.45) is 0. The molecule has 2 heterocycles. The van der Waals surface area contributed by atoms with E-state index in [1.165, 1.54) is 24.3 Å². The number of para-hydroxylation sites is 1. The van der Waals surface area contributed by atoms with E-state index in [0.29, 0.717) is 26.1 Å². The minimum absolute atomic E-state index is 0.142. The van der Waals surface area contributed by atoms with Gasteiger partial charge < -0.3 is 5.32 Å². The molecule has 1 N–H and O–H groups in total. The number of nitrogens with one attached hydrogen (secondary N) is 1. The summed E-state index contributed by atoms with van der Waals surface area (Å²) in [6.45, 7) is 0. The average Bonchev–Trinajstić information content (AvgIpc) is 3.02. The maximum atomic E-state index is 14.3. The number of halogens is 1. The summed E-state index contributed by atoms with van der Waals surface area (Å²) in [6, 6.07) is 11.7. The van der Waals surface area contributed by atoms with Gasteiger partial charge in [-0.2, -0.15) is 5.26 Å². The van der Waals surface area contributed by atoms with Gasteiger partial charge in [0.1, 0.15) is 5.82 Å². The fraction of sp³-hybridized carbons (Fsp3) is 0.111. The van der Waals surface area contributed by atoms with E-state index < -0.39 is 28.6 Å². The van der Waals surface area contributed by atoms with Crippen LogP contribution in [0.4, 0.5) is 10.1 Å². The monoisotopic (exact) mass is 367 g/mol. The first-order valence-corrected chi connectivity index (χ1v) is 8.48. The van der Waals surface area contributed by atoms with Crippen LogP contribution in [0.2, 0.25) is 0 Å². The molecule has 0 bridgehead atoms. The molecule has 26 heavy (non-hydrogen) atoms. The predicted octanol–water partition coefficient (Wildman–Crippen LogP) is 3.77. The molecule has 4 rings (SSSR count). The minimum Gasteiger partial charge on any atom is -0.343 e. The minimum atomic E-state index is -1.08. The van der Waals surface area contributed by atoms with Gasteiger partial charge in [-0.1, -0.05) is 24.3 Å². The molecule has 1 aliphatic rings. The van der Waals surface area contributed by atoms with Gasteiger partial charge in [-0.3, -0.25) is 14.9 Å². The molecule has 1 amide bonds. The van der Waals surface area contributed by atoms with Gasteiger partial charge in [0.25, 0.3) is 5.69 Å². The van der Waals surface area contributed by atoms with Gasteiger partial charge in [0.15, 0.2) is 5.92 Å². The molecule has 6 nitrogen and oxygen atoms in total. The van der Waals surface area contributed by atoms with Crippen LogP contribution in [0.15, 0.2) is 42.5 Å². The Bertz CT molecular complexity index is 1120. The molecule has 1 aromatic heterocycles. The van der Waals surface area contributed by atoms with Crippen LogP contribution in [-0.2, 0) is 4.79 Å². The first kappa shape index (κ1) is 16.2. The standard InChI is InChI=1S/C18H10FN3O3S/c19-12-6-3-5-10-14-11(8-20)18(23)21-15(17(14)26-16(10)12)9-4-1-2-7-13(9)22(24)25/h1-7,11,15H,(H,21,23). The second-order valence-corrected chi connectivity index (χ2v) is 6.87. The van der Waals surface area contributed by atoms with Crippen molar-refractivity contribution < 1.29 is 14.1 Å². The Kier molecular flexibility index (Phi) is 3.67. The van der Waals surface area contributed by atoms with Crippen molar-refractivity contribution in [1.82, 2.24) is 5.32 Å². The molecule has 0 aliphatic carbocycles. The van der Waals surface area contributed by atoms with Crippen LogP contribution in [0.1, 0.15) is 28.0 Å². The van der Waals surface area contributed by atoms with Crippen LogP contribution in [0.5, 0.6) is 0 Å². The van der Waals surface area contributed by atoms with E-state index in [1.807, 2.05) is 6.07 Å². The molecular weight excluding hydrogens is 357 g/mol. The second-order valence-electron chi connectivity index (χ2n) is 5.82. The van der Waals surface area contributed by atoms with Crippen LogP contribution in [0, 0.1) is 27.3 Å². The highest BCUT2D eigenvalue weighted by Gasteiger charge is 2.39. The number of fused-ring (bicyclic) bond motifs is 3. The van der Waals surface area contributed by atoms with Gasteiger partial charge >= 0.3 is 0 Å². The number of rotatable bonds is 2. The van der Waals surface area contributed by atoms with Crippen LogP contribution in [0.3, 0.4) is 0 Å². The van der Waals surface area contributed by atoms with Gasteiger partial charge in [0.2, 0.25) is 5.91 Å². The first-order valence-electron chi connectivity index (χ1n) is 7.67. The van der Waals surface area contributed by atoms with Crippen molar-refractivity contribution >= 4 is 33.0 Å². The molecule has 8 heteroatoms. The van der Waals surface area contributed by atoms with E-state index >= 15 is 0 Å². The smallest absolute Gasteiger partial charge is 0.275 e. The number of carbonyl (C=O) groups is 1. The van der Waals surface area contributed by atoms with E-state index in [-0.39, 0.29) is 5.69 Å². The highest BCUT2D eigenvalue weighted by Crippen LogP contribution is 2.46. The fourth-order valence-corrected chi connectivity index (χ4v) is 4.61. The quantitative estimate of drug-likeness (QED) is 0.551. The van der Waals surface area contributed by atoms with Crippen LogP contribution in [-0.4, -0.2) is 10.8 Å². The van der Waals surface area contributed by atoms with Crippen molar-refractivity contribution in [3.8, 4) is 6.07 Å². The van der Waals surface area contributed by atoms with Gasteiger partial charge in [0.05, 0.1) is 27.3 Å². The van der Waals surface area contributed by atoms with Crippen molar-refractivity contribution in [2.45, 2.75) is 12.0 Å². The van der Waals surface area contributed by atoms with Gasteiger partial charge in [-0.25, -0.2) is 4.39 Å². The Morgan fingerprint density at radius 2 is 2.00 bits per heavy atom. The zero-order chi connectivity index (χ0) is 18.4. The molecule has 0 saturated heterocycles. The normalized spacial score (nSPS) is 18.8. The van der Waals surface area contributed by atoms with Crippen molar-refractivity contribution in [1.29, 1.82) is 5.26 Å². The zero-order valence-electron chi connectivity index (χ0n) is 13.1. The number of amides is 1. The Morgan fingerprint density at radius 3 is 2.73 bits per heavy atom. The molecule has 1 aliphatic heterocycles. The fourth-order valence-electron chi connectivity index (χ4n) is 3.30. The number of nitro groups is 1. The molecule has 128 valence electrons. The molecule has 2 atom stereocenters. The van der Waals surface area contributed by atoms with E-state index in [9.17, 15) is 24.6 Å². The van der Waals surface area contributed by atoms with E-state index in [0.717, 1.165) is 11.3 Å². The number of nitro benzene ring substituents is 1. The van der Waals surface area contributed by atoms with Crippen LogP contribution >= 0.6 is 11.3 Å². The van der Waals surface area contributed by atoms with E-state index in [4.69, 9.17) is 0 Å². The molecule has 0 fully saturated rings. The maximum absolute atomic E-state index is 14.3. The topological polar surface area (TPSA) is 96.0 Å². The largest absolute Gasteiger partial charge is 0.343 e. The summed E-state index contributed by atoms with van der Waals surface area (Å²) < 4.78 is 14.6. The molecule has 0 spiro atoms. The zero-order valence-corrected chi connectivity index (χ0v) is 13.9. The first-order chi connectivity index (χ1) is 12.5. The molecule has 2 unspecified atom stereocenters. The predicted molar refractivity (Wildman–Crippen MR) is 93.2 cm³/mol. The summed E-state index contributed by atoms with van der Waals surface area (Å²) in [5, 5.41) is 24.0. The van der Waals surface area contributed by atoms with Crippen LogP contribution < -0.4 is 5.32 Å². The van der Waals surface area contributed by atoms with E-state index in [2.05, 4.69) is 5.32 Å². The Balaban J connectivity index is 2.03. The second kappa shape index (κ2) is 5.89. The lowest BCUT2D eigenvalue weighted by Gasteiger charge is -2.26. The molecular formula is C18H10FN3O3S. The summed E-state index contributed by atoms with van der Waals surface area (Å²) in [5.41, 5.74) is 0.589. The number of nitriles is 1. The third kappa shape index (κ3) is 2.25. The molecule has 3 aromatic rings. The highest BCUT2D eigenvalue weighted by molar-refractivity contribution is 7.19. The summed E-state index contributed by atoms with van der Waals surface area (Å²) in [5.74, 6) is -2.08. The van der Waals surface area contributed by atoms with Gasteiger partial charge in [-0.05, 0) is 12.1 Å². The van der Waals surface area contributed by atoms with Crippen LogP contribution in [0.25, 0.3) is 10.1 Å². The van der Waals surface area contributed by atoms with E-state index in [1.54, 1.807) is 18.2 Å². The molecule has 2 aromatic carbocycles. The SMILES string of the molecule is N#CC1C(=O)NC(c2ccccc2[N+](=O)[O-])c2sc3c(F)cccc3c21. The van der Waals surface area contributed by atoms with Crippen molar-refractivity contribution in [2.75, 3.05) is 0 Å². The van der Waals surface area contributed by atoms with Gasteiger partial charge in [0, 0.05) is 21.9 Å². The Labute approximate surface area is 150 Å². The van der Waals surface area contributed by atoms with Crippen molar-refractivity contribution in [3.63, 3.8) is 0 Å². The lowest BCUT2D eigenvalue weighted by molar-refractivity contribution is -0.385. The number of hydrogen-bond donors (Lipinski definition) is 1. The highest BCUT2D eigenvalue weighted by atomic mass is 32.1. The molecule has 0 radical (unpaired) electrons. The van der Waals surface area contributed by atoms with Crippen molar-refractivity contribution in [3.05, 3.63) is 74.4 Å². The lowest BCUT2D eigenvalue weighted by Crippen LogP contribution is -2.38. The summed E-state index contributed by atoms with van der Waals surface area (Å²) >= 11 is 1.11. The maximum Gasteiger partial charge on any atom is 0.275 e. The van der Waals surface area contributed by atoms with Crippen molar-refractivity contribution in [2.24, 2.45) is 0 Å². The summed E-state index contributed by atoms with van der Waals surface area (Å²) in [4.78, 5) is 23.9. The third-order valence-electron chi connectivity index (χ3n) is 4.41. The number of carbonyl (C=O) groups excluding carboxylic acids is 1. The molecule has 0 saturated carbocycles. The van der Waals surface area contributed by atoms with Gasteiger partial charge in [-0.15, -0.1) is 11.3 Å². The third-order valence-corrected chi connectivity index (χ3v) is 5.70. The Morgan fingerprint density at radius 1 is 1.23 bits per heavy atom. The number of thiophene rings is 1. The number of hydrogen-bond acceptors (Lipinski definition) is 5. The summed E-state index contributed by atoms with van der Waals surface area (Å²) in [7, 11) is 0. The Hall–Kier alpha value is -3.31. The average molecular weight is 367 g/mol. The lowest BCUT2D eigenvalue weighted by atomic mass is 9.87. The number of benzene rings is 2.